The first-order valence-electron chi connectivity index (χ1n) is 9.14. The quantitative estimate of drug-likeness (QED) is 0.545. The molecule has 12 heteroatoms. The molecule has 0 saturated carbocycles. The molecule has 0 aliphatic rings. The Morgan fingerprint density at radius 3 is 2.42 bits per heavy atom. The number of halogens is 3. The Hall–Kier alpha value is -4.11. The number of alkyl halides is 3. The molecule has 0 unspecified atom stereocenters. The van der Waals surface area contributed by atoms with Crippen molar-refractivity contribution in [2.45, 2.75) is 18.0 Å². The first-order valence-corrected chi connectivity index (χ1v) is 10.6. The molecule has 0 bridgehead atoms. The molecule has 1 aromatic heterocycles. The van der Waals surface area contributed by atoms with Crippen LogP contribution in [0.4, 0.5) is 24.5 Å². The van der Waals surface area contributed by atoms with Crippen LogP contribution >= 0.6 is 0 Å². The van der Waals surface area contributed by atoms with E-state index in [1.807, 2.05) is 6.07 Å². The molecule has 0 aliphatic carbocycles. The second kappa shape index (κ2) is 9.17. The Kier molecular flexibility index (Phi) is 6.55. The van der Waals surface area contributed by atoms with Gasteiger partial charge in [-0.3, -0.25) is 9.52 Å². The van der Waals surface area contributed by atoms with Gasteiger partial charge in [-0.1, -0.05) is 0 Å². The van der Waals surface area contributed by atoms with Crippen LogP contribution in [0.3, 0.4) is 0 Å². The van der Waals surface area contributed by atoms with Gasteiger partial charge in [0.05, 0.1) is 10.6 Å². The number of carbonyl (C=O) groups is 1. The highest BCUT2D eigenvalue weighted by Gasteiger charge is 2.38. The van der Waals surface area contributed by atoms with Crippen molar-refractivity contribution >= 4 is 27.3 Å². The number of benzene rings is 2. The Balaban J connectivity index is 1.74. The lowest BCUT2D eigenvalue weighted by Gasteiger charge is -2.13. The predicted molar refractivity (Wildman–Crippen MR) is 112 cm³/mol. The highest BCUT2D eigenvalue weighted by Crippen LogP contribution is 2.28. The predicted octanol–water partition coefficient (Wildman–Crippen LogP) is 4.36. The molecule has 2 N–H and O–H groups in total. The standard InChI is InChI=1S/C21H15F3N4O4S/c1-13-11-16(32-19-14(12-25)3-2-10-26-19)6-9-18(13)28-33(30,31)17-7-4-15(5-8-17)27-20(29)21(22,23)24/h2-11,28H,1H3,(H,27,29). The molecular weight excluding hydrogens is 461 g/mol. The Morgan fingerprint density at radius 1 is 1.12 bits per heavy atom. The molecule has 0 radical (unpaired) electrons. The van der Waals surface area contributed by atoms with Gasteiger partial charge >= 0.3 is 12.1 Å². The van der Waals surface area contributed by atoms with E-state index in [-0.39, 0.29) is 27.7 Å². The van der Waals surface area contributed by atoms with Crippen LogP contribution in [0.25, 0.3) is 0 Å². The first kappa shape index (κ1) is 23.6. The molecule has 0 saturated heterocycles. The van der Waals surface area contributed by atoms with Crippen molar-refractivity contribution in [1.82, 2.24) is 4.98 Å². The van der Waals surface area contributed by atoms with Crippen molar-refractivity contribution in [2.75, 3.05) is 10.0 Å². The Bertz CT molecular complexity index is 1330. The van der Waals surface area contributed by atoms with E-state index >= 15 is 0 Å². The number of hydrogen-bond donors (Lipinski definition) is 2. The number of sulfonamides is 1. The summed E-state index contributed by atoms with van der Waals surface area (Å²) in [6, 6.07) is 13.8. The van der Waals surface area contributed by atoms with Gasteiger partial charge in [-0.05, 0) is 67.1 Å². The number of pyridine rings is 1. The van der Waals surface area contributed by atoms with Gasteiger partial charge in [-0.15, -0.1) is 0 Å². The summed E-state index contributed by atoms with van der Waals surface area (Å²) in [6.07, 6.45) is -3.60. The van der Waals surface area contributed by atoms with Crippen molar-refractivity contribution in [3.63, 3.8) is 0 Å². The number of nitrogens with one attached hydrogen (secondary N) is 2. The number of aromatic nitrogens is 1. The van der Waals surface area contributed by atoms with Crippen LogP contribution in [-0.2, 0) is 14.8 Å². The summed E-state index contributed by atoms with van der Waals surface area (Å²) >= 11 is 0. The minimum Gasteiger partial charge on any atom is -0.438 e. The maximum atomic E-state index is 12.7. The SMILES string of the molecule is Cc1cc(Oc2ncccc2C#N)ccc1NS(=O)(=O)c1ccc(NC(=O)C(F)(F)F)cc1. The summed E-state index contributed by atoms with van der Waals surface area (Å²) in [5.41, 5.74) is 0.757. The molecule has 3 aromatic rings. The fourth-order valence-electron chi connectivity index (χ4n) is 2.61. The summed E-state index contributed by atoms with van der Waals surface area (Å²) in [7, 11) is -4.07. The van der Waals surface area contributed by atoms with Crippen molar-refractivity contribution < 1.29 is 31.1 Å². The molecule has 170 valence electrons. The van der Waals surface area contributed by atoms with E-state index in [4.69, 9.17) is 10.00 Å². The van der Waals surface area contributed by atoms with E-state index in [1.54, 1.807) is 24.4 Å². The largest absolute Gasteiger partial charge is 0.471 e. The van der Waals surface area contributed by atoms with Crippen molar-refractivity contribution in [1.29, 1.82) is 5.26 Å². The van der Waals surface area contributed by atoms with E-state index in [2.05, 4.69) is 9.71 Å². The van der Waals surface area contributed by atoms with Crippen molar-refractivity contribution in [2.24, 2.45) is 0 Å². The third kappa shape index (κ3) is 5.78. The van der Waals surface area contributed by atoms with Crippen LogP contribution in [0.15, 0.2) is 65.7 Å². The summed E-state index contributed by atoms with van der Waals surface area (Å²) in [5, 5.41) is 10.7. The highest BCUT2D eigenvalue weighted by molar-refractivity contribution is 7.92. The van der Waals surface area contributed by atoms with Crippen LogP contribution in [0.1, 0.15) is 11.1 Å². The van der Waals surface area contributed by atoms with E-state index in [0.717, 1.165) is 24.3 Å². The Labute approximate surface area is 186 Å². The van der Waals surface area contributed by atoms with Gasteiger partial charge in [0.15, 0.2) is 0 Å². The third-order valence-electron chi connectivity index (χ3n) is 4.23. The van der Waals surface area contributed by atoms with Gasteiger partial charge in [0.2, 0.25) is 5.88 Å². The zero-order valence-corrected chi connectivity index (χ0v) is 17.7. The molecule has 0 fully saturated rings. The molecule has 1 heterocycles. The monoisotopic (exact) mass is 476 g/mol. The van der Waals surface area contributed by atoms with E-state index in [1.165, 1.54) is 24.4 Å². The zero-order chi connectivity index (χ0) is 24.2. The average Bonchev–Trinajstić information content (AvgIpc) is 2.76. The minimum absolute atomic E-state index is 0.102. The van der Waals surface area contributed by atoms with Crippen LogP contribution in [0.2, 0.25) is 0 Å². The lowest BCUT2D eigenvalue weighted by Crippen LogP contribution is -2.29. The lowest BCUT2D eigenvalue weighted by molar-refractivity contribution is -0.167. The van der Waals surface area contributed by atoms with Gasteiger partial charge in [0.1, 0.15) is 17.4 Å². The smallest absolute Gasteiger partial charge is 0.438 e. The van der Waals surface area contributed by atoms with Crippen LogP contribution < -0.4 is 14.8 Å². The van der Waals surface area contributed by atoms with Crippen LogP contribution in [-0.4, -0.2) is 25.5 Å². The van der Waals surface area contributed by atoms with Crippen LogP contribution in [0.5, 0.6) is 11.6 Å². The summed E-state index contributed by atoms with van der Waals surface area (Å²) in [5.74, 6) is -1.73. The van der Waals surface area contributed by atoms with Crippen molar-refractivity contribution in [3.8, 4) is 17.7 Å². The van der Waals surface area contributed by atoms with Gasteiger partial charge in [0, 0.05) is 11.9 Å². The number of carbonyl (C=O) groups excluding carboxylic acids is 1. The molecule has 33 heavy (non-hydrogen) atoms. The minimum atomic E-state index is -5.06. The van der Waals surface area contributed by atoms with Crippen LogP contribution in [0, 0.1) is 18.3 Å². The number of rotatable bonds is 6. The molecule has 1 amide bonds. The number of ether oxygens (including phenoxy) is 1. The highest BCUT2D eigenvalue weighted by atomic mass is 32.2. The topological polar surface area (TPSA) is 121 Å². The molecule has 0 atom stereocenters. The maximum absolute atomic E-state index is 12.7. The van der Waals surface area contributed by atoms with Gasteiger partial charge < -0.3 is 10.1 Å². The number of hydrogen-bond acceptors (Lipinski definition) is 6. The number of amides is 1. The second-order valence-electron chi connectivity index (χ2n) is 6.63. The van der Waals surface area contributed by atoms with E-state index in [0.29, 0.717) is 11.3 Å². The summed E-state index contributed by atoms with van der Waals surface area (Å²) < 4.78 is 70.3. The molecule has 2 aromatic carbocycles. The van der Waals surface area contributed by atoms with Crippen molar-refractivity contribution in [3.05, 3.63) is 71.9 Å². The molecule has 3 rings (SSSR count). The van der Waals surface area contributed by atoms with E-state index in [9.17, 15) is 26.4 Å². The fourth-order valence-corrected chi connectivity index (χ4v) is 3.74. The Morgan fingerprint density at radius 2 is 1.82 bits per heavy atom. The zero-order valence-electron chi connectivity index (χ0n) is 16.8. The second-order valence-corrected chi connectivity index (χ2v) is 8.31. The number of nitriles is 1. The third-order valence-corrected chi connectivity index (χ3v) is 5.61. The first-order chi connectivity index (χ1) is 15.5. The molecule has 0 spiro atoms. The molecule has 0 aliphatic heterocycles. The normalized spacial score (nSPS) is 11.4. The number of anilines is 2. The van der Waals surface area contributed by atoms with Gasteiger partial charge in [-0.25, -0.2) is 13.4 Å². The summed E-state index contributed by atoms with van der Waals surface area (Å²) in [4.78, 5) is 14.7. The van der Waals surface area contributed by atoms with Gasteiger partial charge in [-0.2, -0.15) is 18.4 Å². The van der Waals surface area contributed by atoms with E-state index < -0.39 is 22.1 Å². The number of aryl methyl sites for hydroxylation is 1. The van der Waals surface area contributed by atoms with Gasteiger partial charge in [0.25, 0.3) is 10.0 Å². The molecular formula is C21H15F3N4O4S. The maximum Gasteiger partial charge on any atom is 0.471 e. The fraction of sp³-hybridized carbons (Fsp3) is 0.0952. The average molecular weight is 476 g/mol. The molecule has 8 nitrogen and oxygen atoms in total. The lowest BCUT2D eigenvalue weighted by atomic mass is 10.2. The number of nitrogens with zero attached hydrogens (tertiary/aromatic N) is 2. The summed E-state index contributed by atoms with van der Waals surface area (Å²) in [6.45, 7) is 1.63.